The van der Waals surface area contributed by atoms with Crippen LogP contribution in [0, 0.1) is 0 Å². The summed E-state index contributed by atoms with van der Waals surface area (Å²) in [6, 6.07) is 7.88. The zero-order chi connectivity index (χ0) is 16.5. The standard InChI is InChI=1S/C17H21N5O2.ClH/c1-21-9-7-18-11-14(21)16-19-17(24-20-16)12-4-2-5-13(10-12)22-8-3-6-15(22)23;/h2,4-5,10,14,18H,3,6-9,11H2,1H3;1H. The first kappa shape index (κ1) is 17.8. The molecular weight excluding hydrogens is 342 g/mol. The highest BCUT2D eigenvalue weighted by Crippen LogP contribution is 2.28. The number of benzene rings is 1. The van der Waals surface area contributed by atoms with Crippen LogP contribution in [0.1, 0.15) is 24.7 Å². The molecule has 0 saturated carbocycles. The van der Waals surface area contributed by atoms with Crippen molar-refractivity contribution >= 4 is 24.0 Å². The van der Waals surface area contributed by atoms with E-state index in [2.05, 4.69) is 27.4 Å². The maximum Gasteiger partial charge on any atom is 0.258 e. The smallest absolute Gasteiger partial charge is 0.258 e. The summed E-state index contributed by atoms with van der Waals surface area (Å²) in [5, 5.41) is 7.52. The third kappa shape index (κ3) is 3.53. The molecule has 1 atom stereocenters. The minimum atomic E-state index is 0. The molecule has 1 N–H and O–H groups in total. The number of nitrogens with zero attached hydrogens (tertiary/aromatic N) is 4. The number of amides is 1. The Morgan fingerprint density at radius 1 is 1.32 bits per heavy atom. The van der Waals surface area contributed by atoms with Crippen molar-refractivity contribution in [1.82, 2.24) is 20.4 Å². The van der Waals surface area contributed by atoms with Crippen molar-refractivity contribution in [3.05, 3.63) is 30.1 Å². The molecule has 0 radical (unpaired) electrons. The Bertz CT molecular complexity index is 750. The lowest BCUT2D eigenvalue weighted by molar-refractivity contribution is -0.117. The van der Waals surface area contributed by atoms with Crippen molar-refractivity contribution in [2.75, 3.05) is 38.1 Å². The fraction of sp³-hybridized carbons (Fsp3) is 0.471. The zero-order valence-electron chi connectivity index (χ0n) is 14.1. The second-order valence-electron chi connectivity index (χ2n) is 6.36. The van der Waals surface area contributed by atoms with Crippen LogP contribution in [0.2, 0.25) is 0 Å². The van der Waals surface area contributed by atoms with E-state index in [1.54, 1.807) is 0 Å². The van der Waals surface area contributed by atoms with Crippen LogP contribution >= 0.6 is 12.4 Å². The van der Waals surface area contributed by atoms with Crippen LogP contribution < -0.4 is 10.2 Å². The number of halogens is 1. The van der Waals surface area contributed by atoms with Crippen molar-refractivity contribution in [2.24, 2.45) is 0 Å². The molecule has 7 nitrogen and oxygen atoms in total. The van der Waals surface area contributed by atoms with E-state index in [0.29, 0.717) is 18.1 Å². The average Bonchev–Trinajstić information content (AvgIpc) is 3.24. The van der Waals surface area contributed by atoms with E-state index in [0.717, 1.165) is 43.9 Å². The number of nitrogens with one attached hydrogen (secondary N) is 1. The van der Waals surface area contributed by atoms with Crippen LogP contribution in [-0.4, -0.2) is 54.2 Å². The first-order valence-electron chi connectivity index (χ1n) is 8.38. The Morgan fingerprint density at radius 2 is 2.20 bits per heavy atom. The Labute approximate surface area is 152 Å². The molecule has 2 saturated heterocycles. The predicted octanol–water partition coefficient (Wildman–Crippen LogP) is 1.86. The first-order chi connectivity index (χ1) is 11.7. The van der Waals surface area contributed by atoms with Crippen molar-refractivity contribution < 1.29 is 9.32 Å². The van der Waals surface area contributed by atoms with Gasteiger partial charge < -0.3 is 14.7 Å². The second-order valence-corrected chi connectivity index (χ2v) is 6.36. The van der Waals surface area contributed by atoms with E-state index in [-0.39, 0.29) is 24.4 Å². The molecule has 1 aromatic heterocycles. The van der Waals surface area contributed by atoms with E-state index >= 15 is 0 Å². The largest absolute Gasteiger partial charge is 0.334 e. The number of hydrogen-bond acceptors (Lipinski definition) is 6. The van der Waals surface area contributed by atoms with Gasteiger partial charge in [-0.25, -0.2) is 0 Å². The highest BCUT2D eigenvalue weighted by atomic mass is 35.5. The van der Waals surface area contributed by atoms with E-state index in [1.807, 2.05) is 29.2 Å². The van der Waals surface area contributed by atoms with Crippen LogP contribution in [0.15, 0.2) is 28.8 Å². The van der Waals surface area contributed by atoms with Gasteiger partial charge in [0.2, 0.25) is 5.91 Å². The van der Waals surface area contributed by atoms with E-state index < -0.39 is 0 Å². The van der Waals surface area contributed by atoms with E-state index in [9.17, 15) is 4.79 Å². The zero-order valence-corrected chi connectivity index (χ0v) is 15.0. The first-order valence-corrected chi connectivity index (χ1v) is 8.38. The summed E-state index contributed by atoms with van der Waals surface area (Å²) in [5.41, 5.74) is 1.74. The summed E-state index contributed by atoms with van der Waals surface area (Å²) in [5.74, 6) is 1.37. The van der Waals surface area contributed by atoms with Gasteiger partial charge in [-0.1, -0.05) is 11.2 Å². The van der Waals surface area contributed by atoms with Gasteiger partial charge in [0, 0.05) is 43.9 Å². The molecule has 1 amide bonds. The molecule has 4 rings (SSSR count). The Hall–Kier alpha value is -1.96. The maximum absolute atomic E-state index is 11.9. The lowest BCUT2D eigenvalue weighted by Gasteiger charge is -2.30. The molecule has 2 aliphatic rings. The molecule has 25 heavy (non-hydrogen) atoms. The number of piperazine rings is 1. The monoisotopic (exact) mass is 363 g/mol. The summed E-state index contributed by atoms with van der Waals surface area (Å²) >= 11 is 0. The molecule has 0 aliphatic carbocycles. The summed E-state index contributed by atoms with van der Waals surface area (Å²) in [4.78, 5) is 20.6. The van der Waals surface area contributed by atoms with Crippen LogP contribution in [0.3, 0.4) is 0 Å². The quantitative estimate of drug-likeness (QED) is 0.897. The molecule has 2 aromatic rings. The molecule has 8 heteroatoms. The number of aromatic nitrogens is 2. The van der Waals surface area contributed by atoms with Crippen LogP contribution in [-0.2, 0) is 4.79 Å². The maximum atomic E-state index is 11.9. The van der Waals surface area contributed by atoms with Gasteiger partial charge >= 0.3 is 0 Å². The SMILES string of the molecule is CN1CCNCC1c1noc(-c2cccc(N3CCCC3=O)c2)n1.Cl. The number of carbonyl (C=O) groups excluding carboxylic acids is 1. The van der Waals surface area contributed by atoms with Gasteiger partial charge in [0.25, 0.3) is 5.89 Å². The molecular formula is C17H22ClN5O2. The Kier molecular flexibility index (Phi) is 5.36. The van der Waals surface area contributed by atoms with Crippen molar-refractivity contribution in [1.29, 1.82) is 0 Å². The Morgan fingerprint density at radius 3 is 2.96 bits per heavy atom. The summed E-state index contributed by atoms with van der Waals surface area (Å²) in [6.45, 7) is 3.53. The van der Waals surface area contributed by atoms with Gasteiger partial charge in [-0.2, -0.15) is 4.98 Å². The molecule has 1 aromatic carbocycles. The molecule has 0 bridgehead atoms. The number of carbonyl (C=O) groups is 1. The summed E-state index contributed by atoms with van der Waals surface area (Å²) < 4.78 is 5.48. The minimum Gasteiger partial charge on any atom is -0.334 e. The number of rotatable bonds is 3. The molecule has 134 valence electrons. The third-order valence-corrected chi connectivity index (χ3v) is 4.73. The summed E-state index contributed by atoms with van der Waals surface area (Å²) in [6.07, 6.45) is 1.53. The van der Waals surface area contributed by atoms with E-state index in [4.69, 9.17) is 4.52 Å². The van der Waals surface area contributed by atoms with Gasteiger partial charge in [0.05, 0.1) is 6.04 Å². The van der Waals surface area contributed by atoms with Crippen LogP contribution in [0.4, 0.5) is 5.69 Å². The third-order valence-electron chi connectivity index (χ3n) is 4.73. The highest BCUT2D eigenvalue weighted by molar-refractivity contribution is 5.95. The molecule has 2 aliphatic heterocycles. The fourth-order valence-corrected chi connectivity index (χ4v) is 3.31. The van der Waals surface area contributed by atoms with Gasteiger partial charge in [-0.15, -0.1) is 12.4 Å². The predicted molar refractivity (Wildman–Crippen MR) is 96.8 cm³/mol. The lowest BCUT2D eigenvalue weighted by Crippen LogP contribution is -2.44. The lowest BCUT2D eigenvalue weighted by atomic mass is 10.1. The molecule has 2 fully saturated rings. The number of anilines is 1. The average molecular weight is 364 g/mol. The van der Waals surface area contributed by atoms with Gasteiger partial charge in [-0.05, 0) is 31.7 Å². The topological polar surface area (TPSA) is 74.5 Å². The summed E-state index contributed by atoms with van der Waals surface area (Å²) in [7, 11) is 2.07. The molecule has 3 heterocycles. The van der Waals surface area contributed by atoms with Crippen molar-refractivity contribution in [3.8, 4) is 11.5 Å². The van der Waals surface area contributed by atoms with Crippen molar-refractivity contribution in [2.45, 2.75) is 18.9 Å². The Balaban J connectivity index is 0.00000182. The molecule has 1 unspecified atom stereocenters. The fourth-order valence-electron chi connectivity index (χ4n) is 3.31. The normalized spacial score (nSPS) is 21.4. The second kappa shape index (κ2) is 7.51. The van der Waals surface area contributed by atoms with Crippen LogP contribution in [0.25, 0.3) is 11.5 Å². The van der Waals surface area contributed by atoms with E-state index in [1.165, 1.54) is 0 Å². The number of likely N-dealkylation sites (N-methyl/N-ethyl adjacent to an activating group) is 1. The van der Waals surface area contributed by atoms with Gasteiger partial charge in [0.15, 0.2) is 5.82 Å². The molecule has 0 spiro atoms. The van der Waals surface area contributed by atoms with Gasteiger partial charge in [0.1, 0.15) is 0 Å². The minimum absolute atomic E-state index is 0. The van der Waals surface area contributed by atoms with Crippen LogP contribution in [0.5, 0.6) is 0 Å². The van der Waals surface area contributed by atoms with Crippen molar-refractivity contribution in [3.63, 3.8) is 0 Å². The van der Waals surface area contributed by atoms with Gasteiger partial charge in [-0.3, -0.25) is 9.69 Å². The highest BCUT2D eigenvalue weighted by Gasteiger charge is 2.26. The number of hydrogen-bond donors (Lipinski definition) is 1.